The van der Waals surface area contributed by atoms with Gasteiger partial charge in [-0.15, -0.1) is 0 Å². The first-order chi connectivity index (χ1) is 10.1. The van der Waals surface area contributed by atoms with Crippen molar-refractivity contribution >= 4 is 0 Å². The van der Waals surface area contributed by atoms with E-state index in [1.165, 1.54) is 0 Å². The molecule has 0 aliphatic heterocycles. The van der Waals surface area contributed by atoms with Gasteiger partial charge >= 0.3 is 0 Å². The van der Waals surface area contributed by atoms with Crippen LogP contribution in [0.3, 0.4) is 0 Å². The molecule has 3 nitrogen and oxygen atoms in total. The maximum Gasteiger partial charge on any atom is 0.120 e. The van der Waals surface area contributed by atoms with Crippen LogP contribution in [0.15, 0.2) is 60.9 Å². The Balaban J connectivity index is 0.00000191. The minimum absolute atomic E-state index is 0.0515. The van der Waals surface area contributed by atoms with E-state index < -0.39 is 0 Å². The number of allylic oxidation sites excluding steroid dienone is 2. The van der Waals surface area contributed by atoms with Gasteiger partial charge in [0.25, 0.3) is 0 Å². The molecule has 0 heterocycles. The van der Waals surface area contributed by atoms with Gasteiger partial charge in [0.05, 0.1) is 0 Å². The number of aromatic hydroxyl groups is 1. The number of phenolic OH excluding ortho intramolecular Hbond substituents is 1. The van der Waals surface area contributed by atoms with Crippen LogP contribution >= 0.6 is 0 Å². The van der Waals surface area contributed by atoms with Crippen molar-refractivity contribution < 1.29 is 10.2 Å². The molecule has 0 atom stereocenters. The SMILES string of the molecule is C=C/C=C(/CN(CC)Cc1ccccc1O)C(=C)O.CC. The van der Waals surface area contributed by atoms with E-state index in [-0.39, 0.29) is 11.5 Å². The van der Waals surface area contributed by atoms with Crippen LogP contribution in [0.1, 0.15) is 26.3 Å². The predicted octanol–water partition coefficient (Wildman–Crippen LogP) is 4.42. The lowest BCUT2D eigenvalue weighted by atomic mass is 10.1. The van der Waals surface area contributed by atoms with E-state index in [0.717, 1.165) is 17.7 Å². The third-order valence-corrected chi connectivity index (χ3v) is 2.92. The minimum atomic E-state index is 0.0515. The highest BCUT2D eigenvalue weighted by molar-refractivity contribution is 5.32. The zero-order valence-electron chi connectivity index (χ0n) is 13.3. The molecule has 0 aliphatic rings. The number of aliphatic hydroxyl groups is 1. The molecular weight excluding hydrogens is 262 g/mol. The molecule has 0 amide bonds. The standard InChI is InChI=1S/C16H21NO2.C2H6/c1-4-8-14(13(3)18)11-17(5-2)12-15-9-6-7-10-16(15)19;1-2/h4,6-10,18-19H,1,3,5,11-12H2,2H3;1-2H3/b14-8-;. The Kier molecular flexibility index (Phi) is 9.72. The van der Waals surface area contributed by atoms with Crippen LogP contribution < -0.4 is 0 Å². The second-order valence-corrected chi connectivity index (χ2v) is 4.31. The summed E-state index contributed by atoms with van der Waals surface area (Å²) in [6.07, 6.45) is 3.38. The Hall–Kier alpha value is -2.00. The number of hydrogen-bond acceptors (Lipinski definition) is 3. The smallest absolute Gasteiger partial charge is 0.120 e. The molecule has 1 aromatic rings. The summed E-state index contributed by atoms with van der Waals surface area (Å²) in [6.45, 7) is 15.2. The number of hydrogen-bond donors (Lipinski definition) is 2. The molecule has 0 radical (unpaired) electrons. The lowest BCUT2D eigenvalue weighted by Crippen LogP contribution is -2.25. The Bertz CT molecular complexity index is 478. The van der Waals surface area contributed by atoms with Crippen LogP contribution in [-0.4, -0.2) is 28.2 Å². The molecule has 0 fully saturated rings. The number of benzene rings is 1. The fourth-order valence-corrected chi connectivity index (χ4v) is 1.79. The van der Waals surface area contributed by atoms with Gasteiger partial charge in [0.2, 0.25) is 0 Å². The summed E-state index contributed by atoms with van der Waals surface area (Å²) in [5, 5.41) is 19.3. The van der Waals surface area contributed by atoms with Gasteiger partial charge in [-0.25, -0.2) is 0 Å². The van der Waals surface area contributed by atoms with Gasteiger partial charge in [0.1, 0.15) is 11.5 Å². The number of likely N-dealkylation sites (N-methyl/N-ethyl adjacent to an activating group) is 1. The third-order valence-electron chi connectivity index (χ3n) is 2.92. The average Bonchev–Trinajstić information content (AvgIpc) is 2.49. The Labute approximate surface area is 128 Å². The van der Waals surface area contributed by atoms with E-state index in [4.69, 9.17) is 0 Å². The van der Waals surface area contributed by atoms with Gasteiger partial charge in [-0.2, -0.15) is 0 Å². The minimum Gasteiger partial charge on any atom is -0.508 e. The highest BCUT2D eigenvalue weighted by Gasteiger charge is 2.10. The summed E-state index contributed by atoms with van der Waals surface area (Å²) in [4.78, 5) is 2.10. The van der Waals surface area contributed by atoms with Crippen molar-refractivity contribution in [2.45, 2.75) is 27.3 Å². The molecule has 0 unspecified atom stereocenters. The first-order valence-electron chi connectivity index (χ1n) is 7.27. The first kappa shape index (κ1) is 19.0. The van der Waals surface area contributed by atoms with Crippen molar-refractivity contribution in [2.75, 3.05) is 13.1 Å². The van der Waals surface area contributed by atoms with Crippen molar-refractivity contribution in [2.24, 2.45) is 0 Å². The highest BCUT2D eigenvalue weighted by Crippen LogP contribution is 2.19. The van der Waals surface area contributed by atoms with Crippen LogP contribution in [0.4, 0.5) is 0 Å². The fourth-order valence-electron chi connectivity index (χ4n) is 1.79. The van der Waals surface area contributed by atoms with Crippen LogP contribution in [-0.2, 0) is 6.54 Å². The van der Waals surface area contributed by atoms with E-state index in [9.17, 15) is 10.2 Å². The Morgan fingerprint density at radius 3 is 2.38 bits per heavy atom. The van der Waals surface area contributed by atoms with E-state index in [2.05, 4.69) is 18.1 Å². The van der Waals surface area contributed by atoms with E-state index >= 15 is 0 Å². The van der Waals surface area contributed by atoms with Gasteiger partial charge in [-0.1, -0.05) is 64.3 Å². The summed E-state index contributed by atoms with van der Waals surface area (Å²) < 4.78 is 0. The summed E-state index contributed by atoms with van der Waals surface area (Å²) in [5.74, 6) is 0.341. The van der Waals surface area contributed by atoms with Gasteiger partial charge < -0.3 is 10.2 Å². The number of para-hydroxylation sites is 1. The first-order valence-corrected chi connectivity index (χ1v) is 7.27. The molecule has 3 heteroatoms. The molecule has 0 spiro atoms. The molecule has 116 valence electrons. The monoisotopic (exact) mass is 289 g/mol. The second kappa shape index (κ2) is 10.7. The lowest BCUT2D eigenvalue weighted by molar-refractivity contribution is 0.291. The quantitative estimate of drug-likeness (QED) is 0.576. The topological polar surface area (TPSA) is 43.7 Å². The Morgan fingerprint density at radius 2 is 1.90 bits per heavy atom. The van der Waals surface area contributed by atoms with Crippen LogP contribution in [0.2, 0.25) is 0 Å². The van der Waals surface area contributed by atoms with Crippen molar-refractivity contribution in [1.29, 1.82) is 0 Å². The molecule has 1 aromatic carbocycles. The summed E-state index contributed by atoms with van der Waals surface area (Å²) in [6, 6.07) is 7.26. The van der Waals surface area contributed by atoms with Gasteiger partial charge in [0.15, 0.2) is 0 Å². The summed E-state index contributed by atoms with van der Waals surface area (Å²) >= 11 is 0. The molecule has 0 saturated heterocycles. The third kappa shape index (κ3) is 6.82. The molecule has 1 rings (SSSR count). The predicted molar refractivity (Wildman–Crippen MR) is 90.5 cm³/mol. The maximum atomic E-state index is 9.78. The zero-order valence-corrected chi connectivity index (χ0v) is 13.3. The maximum absolute atomic E-state index is 9.78. The van der Waals surface area contributed by atoms with E-state index in [1.54, 1.807) is 24.3 Å². The van der Waals surface area contributed by atoms with Crippen molar-refractivity contribution in [3.8, 4) is 5.75 Å². The summed E-state index contributed by atoms with van der Waals surface area (Å²) in [5.41, 5.74) is 1.60. The molecule has 21 heavy (non-hydrogen) atoms. The van der Waals surface area contributed by atoms with Crippen molar-refractivity contribution in [1.82, 2.24) is 4.90 Å². The van der Waals surface area contributed by atoms with E-state index in [1.807, 2.05) is 32.9 Å². The largest absolute Gasteiger partial charge is 0.508 e. The van der Waals surface area contributed by atoms with Crippen LogP contribution in [0, 0.1) is 0 Å². The molecule has 0 aromatic heterocycles. The van der Waals surface area contributed by atoms with Crippen LogP contribution in [0.25, 0.3) is 0 Å². The molecule has 0 saturated carbocycles. The molecule has 0 bridgehead atoms. The summed E-state index contributed by atoms with van der Waals surface area (Å²) in [7, 11) is 0. The molecular formula is C18H27NO2. The highest BCUT2D eigenvalue weighted by atomic mass is 16.3. The van der Waals surface area contributed by atoms with Gasteiger partial charge in [0, 0.05) is 24.2 Å². The van der Waals surface area contributed by atoms with Gasteiger partial charge in [-0.05, 0) is 12.6 Å². The number of aliphatic hydroxyl groups excluding tert-OH is 1. The number of nitrogens with zero attached hydrogens (tertiary/aromatic N) is 1. The van der Waals surface area contributed by atoms with Crippen molar-refractivity contribution in [3.05, 3.63) is 66.5 Å². The van der Waals surface area contributed by atoms with Gasteiger partial charge in [-0.3, -0.25) is 4.90 Å². The molecule has 0 aliphatic carbocycles. The van der Waals surface area contributed by atoms with E-state index in [0.29, 0.717) is 13.1 Å². The zero-order chi connectivity index (χ0) is 16.3. The Morgan fingerprint density at radius 1 is 1.29 bits per heavy atom. The van der Waals surface area contributed by atoms with Crippen LogP contribution in [0.5, 0.6) is 5.75 Å². The average molecular weight is 289 g/mol. The lowest BCUT2D eigenvalue weighted by Gasteiger charge is -2.22. The fraction of sp³-hybridized carbons (Fsp3) is 0.333. The number of rotatable bonds is 7. The normalized spacial score (nSPS) is 10.8. The molecule has 2 N–H and O–H groups in total. The van der Waals surface area contributed by atoms with Crippen molar-refractivity contribution in [3.63, 3.8) is 0 Å². The number of phenols is 1. The second-order valence-electron chi connectivity index (χ2n) is 4.31.